The summed E-state index contributed by atoms with van der Waals surface area (Å²) in [5, 5.41) is 12.6. The molecule has 0 fully saturated rings. The van der Waals surface area contributed by atoms with Gasteiger partial charge in [0.05, 0.1) is 28.1 Å². The first-order chi connectivity index (χ1) is 31.2. The van der Waals surface area contributed by atoms with Gasteiger partial charge in [-0.15, -0.1) is 11.3 Å². The van der Waals surface area contributed by atoms with Crippen LogP contribution in [0.1, 0.15) is 0 Å². The van der Waals surface area contributed by atoms with Gasteiger partial charge in [0.2, 0.25) is 0 Å². The third-order valence-corrected chi connectivity index (χ3v) is 14.1. The maximum absolute atomic E-state index is 2.46. The van der Waals surface area contributed by atoms with Crippen LogP contribution in [-0.4, -0.2) is 4.57 Å². The Morgan fingerprint density at radius 2 is 0.857 bits per heavy atom. The molecule has 0 aliphatic rings. The summed E-state index contributed by atoms with van der Waals surface area (Å²) in [5.74, 6) is 0. The van der Waals surface area contributed by atoms with E-state index < -0.39 is 0 Å². The summed E-state index contributed by atoms with van der Waals surface area (Å²) in [6.07, 6.45) is 0. The molecule has 0 saturated carbocycles. The fourth-order valence-electron chi connectivity index (χ4n) is 10.1. The second-order valence-electron chi connectivity index (χ2n) is 16.5. The van der Waals surface area contributed by atoms with Crippen LogP contribution in [0.3, 0.4) is 0 Å². The minimum Gasteiger partial charge on any atom is -0.309 e. The standard InChI is InChI=1S/C60H38N2S/c1-4-18-46-40(13-1)16-11-25-54(46)62(55-26-12-17-41-14-2-5-19-47(41)55)53-23-9-7-20-48(53)43-29-27-39(28-30-43)44-31-34-51-50-22-8-10-24-56(50)61(57(51)37-44)45-33-36-58-52(38-45)60-49-21-6-3-15-42(49)32-35-59(60)63-58/h1-38H. The Kier molecular flexibility index (Phi) is 8.12. The van der Waals surface area contributed by atoms with Crippen molar-refractivity contribution >= 4 is 103 Å². The van der Waals surface area contributed by atoms with Crippen molar-refractivity contribution in [2.24, 2.45) is 0 Å². The molecule has 0 aliphatic carbocycles. The average molecular weight is 819 g/mol. The highest BCUT2D eigenvalue weighted by Crippen LogP contribution is 2.46. The lowest BCUT2D eigenvalue weighted by molar-refractivity contribution is 1.19. The first-order valence-corrected chi connectivity index (χ1v) is 22.4. The van der Waals surface area contributed by atoms with Gasteiger partial charge in [0.15, 0.2) is 0 Å². The van der Waals surface area contributed by atoms with Crippen molar-refractivity contribution in [2.45, 2.75) is 0 Å². The number of rotatable bonds is 6. The highest BCUT2D eigenvalue weighted by molar-refractivity contribution is 7.26. The molecule has 0 aliphatic heterocycles. The predicted octanol–water partition coefficient (Wildman–Crippen LogP) is 17.4. The molecule has 0 N–H and O–H groups in total. The Morgan fingerprint density at radius 1 is 0.317 bits per heavy atom. The first kappa shape index (κ1) is 35.7. The van der Waals surface area contributed by atoms with Gasteiger partial charge in [0, 0.05) is 53.0 Å². The molecule has 3 heteroatoms. The second-order valence-corrected chi connectivity index (χ2v) is 17.5. The molecule has 0 bridgehead atoms. The van der Waals surface area contributed by atoms with Gasteiger partial charge in [-0.1, -0.05) is 176 Å². The lowest BCUT2D eigenvalue weighted by Crippen LogP contribution is -2.12. The molecule has 13 rings (SSSR count). The molecule has 0 amide bonds. The van der Waals surface area contributed by atoms with Gasteiger partial charge in [0.25, 0.3) is 0 Å². The summed E-state index contributed by atoms with van der Waals surface area (Å²) in [7, 11) is 0. The summed E-state index contributed by atoms with van der Waals surface area (Å²) < 4.78 is 5.10. The zero-order valence-corrected chi connectivity index (χ0v) is 35.1. The minimum atomic E-state index is 1.13. The summed E-state index contributed by atoms with van der Waals surface area (Å²) in [4.78, 5) is 2.46. The number of nitrogens with zero attached hydrogens (tertiary/aromatic N) is 2. The predicted molar refractivity (Wildman–Crippen MR) is 272 cm³/mol. The number of anilines is 3. The van der Waals surface area contributed by atoms with E-state index in [0.29, 0.717) is 0 Å². The number of fused-ring (bicyclic) bond motifs is 10. The van der Waals surface area contributed by atoms with Gasteiger partial charge in [-0.25, -0.2) is 0 Å². The smallest absolute Gasteiger partial charge is 0.0547 e. The molecule has 13 aromatic rings. The molecule has 0 radical (unpaired) electrons. The van der Waals surface area contributed by atoms with Crippen molar-refractivity contribution in [1.82, 2.24) is 4.57 Å². The van der Waals surface area contributed by atoms with E-state index >= 15 is 0 Å². The molecule has 294 valence electrons. The molecule has 0 unspecified atom stereocenters. The minimum absolute atomic E-state index is 1.13. The van der Waals surface area contributed by atoms with Crippen LogP contribution >= 0.6 is 11.3 Å². The van der Waals surface area contributed by atoms with Crippen LogP contribution in [0, 0.1) is 0 Å². The molecule has 11 aromatic carbocycles. The van der Waals surface area contributed by atoms with Crippen LogP contribution in [0.25, 0.3) is 102 Å². The molecule has 2 aromatic heterocycles. The van der Waals surface area contributed by atoms with Gasteiger partial charge < -0.3 is 9.47 Å². The molecule has 63 heavy (non-hydrogen) atoms. The van der Waals surface area contributed by atoms with E-state index in [4.69, 9.17) is 0 Å². The maximum atomic E-state index is 2.46. The Bertz CT molecular complexity index is 3840. The molecular weight excluding hydrogens is 781 g/mol. The SMILES string of the molecule is c1ccc(N(c2cccc3ccccc23)c2cccc3ccccc23)c(-c2ccc(-c3ccc4c5ccccc5n(-c5ccc6sc7ccc8ccccc8c7c6c5)c4c3)cc2)c1. The van der Waals surface area contributed by atoms with Gasteiger partial charge in [-0.2, -0.15) is 0 Å². The number of aromatic nitrogens is 1. The molecule has 0 saturated heterocycles. The van der Waals surface area contributed by atoms with Crippen molar-refractivity contribution in [1.29, 1.82) is 0 Å². The summed E-state index contributed by atoms with van der Waals surface area (Å²) in [6, 6.07) is 84.7. The van der Waals surface area contributed by atoms with Crippen LogP contribution < -0.4 is 4.90 Å². The zero-order chi connectivity index (χ0) is 41.4. The normalized spacial score (nSPS) is 11.8. The van der Waals surface area contributed by atoms with Crippen LogP contribution in [-0.2, 0) is 0 Å². The van der Waals surface area contributed by atoms with Crippen molar-refractivity contribution in [3.8, 4) is 27.9 Å². The fourth-order valence-corrected chi connectivity index (χ4v) is 11.2. The molecule has 0 atom stereocenters. The van der Waals surface area contributed by atoms with E-state index in [9.17, 15) is 0 Å². The van der Waals surface area contributed by atoms with E-state index in [2.05, 4.69) is 240 Å². The quantitative estimate of drug-likeness (QED) is 0.162. The van der Waals surface area contributed by atoms with Crippen LogP contribution in [0.5, 0.6) is 0 Å². The topological polar surface area (TPSA) is 8.17 Å². The maximum Gasteiger partial charge on any atom is 0.0547 e. The number of benzene rings is 11. The summed E-state index contributed by atoms with van der Waals surface area (Å²) in [6.45, 7) is 0. The van der Waals surface area contributed by atoms with Crippen molar-refractivity contribution in [3.05, 3.63) is 231 Å². The molecular formula is C60H38N2S. The Labute approximate surface area is 368 Å². The van der Waals surface area contributed by atoms with Crippen LogP contribution in [0.2, 0.25) is 0 Å². The van der Waals surface area contributed by atoms with Crippen molar-refractivity contribution < 1.29 is 0 Å². The second kappa shape index (κ2) is 14.3. The Morgan fingerprint density at radius 3 is 1.60 bits per heavy atom. The van der Waals surface area contributed by atoms with Gasteiger partial charge >= 0.3 is 0 Å². The zero-order valence-electron chi connectivity index (χ0n) is 34.2. The fraction of sp³-hybridized carbons (Fsp3) is 0. The van der Waals surface area contributed by atoms with Crippen molar-refractivity contribution in [2.75, 3.05) is 4.90 Å². The lowest BCUT2D eigenvalue weighted by Gasteiger charge is -2.30. The third kappa shape index (κ3) is 5.71. The van der Waals surface area contributed by atoms with Crippen LogP contribution in [0.4, 0.5) is 17.1 Å². The van der Waals surface area contributed by atoms with Crippen molar-refractivity contribution in [3.63, 3.8) is 0 Å². The summed E-state index contributed by atoms with van der Waals surface area (Å²) in [5.41, 5.74) is 11.7. The summed E-state index contributed by atoms with van der Waals surface area (Å²) >= 11 is 1.88. The molecule has 2 nitrogen and oxygen atoms in total. The van der Waals surface area contributed by atoms with Gasteiger partial charge in [-0.3, -0.25) is 0 Å². The monoisotopic (exact) mass is 818 g/mol. The van der Waals surface area contributed by atoms with Crippen LogP contribution in [0.15, 0.2) is 231 Å². The Hall–Kier alpha value is -7.98. The van der Waals surface area contributed by atoms with Gasteiger partial charge in [-0.05, 0) is 92.8 Å². The van der Waals surface area contributed by atoms with E-state index in [1.807, 2.05) is 11.3 Å². The highest BCUT2D eigenvalue weighted by Gasteiger charge is 2.21. The number of para-hydroxylation sites is 2. The molecule has 0 spiro atoms. The largest absolute Gasteiger partial charge is 0.309 e. The first-order valence-electron chi connectivity index (χ1n) is 21.6. The van der Waals surface area contributed by atoms with E-state index in [0.717, 1.165) is 17.1 Å². The van der Waals surface area contributed by atoms with E-state index in [1.54, 1.807) is 0 Å². The lowest BCUT2D eigenvalue weighted by atomic mass is 9.97. The van der Waals surface area contributed by atoms with E-state index in [-0.39, 0.29) is 0 Å². The number of hydrogen-bond donors (Lipinski definition) is 0. The average Bonchev–Trinajstić information content (AvgIpc) is 3.90. The highest BCUT2D eigenvalue weighted by atomic mass is 32.1. The van der Waals surface area contributed by atoms with Gasteiger partial charge in [0.1, 0.15) is 0 Å². The Balaban J connectivity index is 0.944. The third-order valence-electron chi connectivity index (χ3n) is 13.0. The number of hydrogen-bond acceptors (Lipinski definition) is 2. The number of thiophene rings is 1. The van der Waals surface area contributed by atoms with E-state index in [1.165, 1.54) is 102 Å². The molecule has 2 heterocycles.